The number of amides is 1. The molecule has 0 aliphatic heterocycles. The van der Waals surface area contributed by atoms with Gasteiger partial charge in [0.25, 0.3) is 0 Å². The highest BCUT2D eigenvalue weighted by Crippen LogP contribution is 2.44. The molecular formula is C26H24ClNO3. The SMILES string of the molecule is O=C(CCl)NCc1ccc(CCC(=O)OCC2c3ccccc3-c3ccccc32)cc1. The molecule has 0 radical (unpaired) electrons. The first-order valence-electron chi connectivity index (χ1n) is 10.4. The predicted octanol–water partition coefficient (Wildman–Crippen LogP) is 4.83. The van der Waals surface area contributed by atoms with Crippen LogP contribution in [0.2, 0.25) is 0 Å². The summed E-state index contributed by atoms with van der Waals surface area (Å²) in [4.78, 5) is 23.6. The molecule has 31 heavy (non-hydrogen) atoms. The van der Waals surface area contributed by atoms with Crippen molar-refractivity contribution in [2.45, 2.75) is 25.3 Å². The van der Waals surface area contributed by atoms with Gasteiger partial charge < -0.3 is 10.1 Å². The molecule has 5 heteroatoms. The number of alkyl halides is 1. The number of esters is 1. The van der Waals surface area contributed by atoms with Crippen molar-refractivity contribution in [1.29, 1.82) is 0 Å². The summed E-state index contributed by atoms with van der Waals surface area (Å²) in [7, 11) is 0. The Morgan fingerprint density at radius 1 is 0.839 bits per heavy atom. The standard InChI is InChI=1S/C26H24ClNO3/c27-15-25(29)28-16-19-11-9-18(10-12-19)13-14-26(30)31-17-24-22-7-3-1-5-20(22)21-6-2-4-8-23(21)24/h1-12,24H,13-17H2,(H,28,29). The first-order chi connectivity index (χ1) is 15.2. The lowest BCUT2D eigenvalue weighted by atomic mass is 9.98. The molecule has 158 valence electrons. The summed E-state index contributed by atoms with van der Waals surface area (Å²) in [6.45, 7) is 0.796. The molecule has 1 N–H and O–H groups in total. The number of hydrogen-bond acceptors (Lipinski definition) is 3. The summed E-state index contributed by atoms with van der Waals surface area (Å²) in [5.74, 6) is -0.349. The molecule has 1 amide bonds. The molecule has 0 atom stereocenters. The number of rotatable bonds is 8. The Kier molecular flexibility index (Phi) is 6.68. The van der Waals surface area contributed by atoms with E-state index in [1.54, 1.807) is 0 Å². The first-order valence-corrected chi connectivity index (χ1v) is 10.9. The van der Waals surface area contributed by atoms with Crippen LogP contribution < -0.4 is 5.32 Å². The van der Waals surface area contributed by atoms with Crippen molar-refractivity contribution in [2.75, 3.05) is 12.5 Å². The van der Waals surface area contributed by atoms with Gasteiger partial charge in [-0.25, -0.2) is 0 Å². The van der Waals surface area contributed by atoms with Crippen molar-refractivity contribution in [3.8, 4) is 11.1 Å². The van der Waals surface area contributed by atoms with E-state index in [1.165, 1.54) is 22.3 Å². The Hall–Kier alpha value is -3.11. The van der Waals surface area contributed by atoms with E-state index in [4.69, 9.17) is 16.3 Å². The minimum Gasteiger partial charge on any atom is -0.465 e. The fraction of sp³-hybridized carbons (Fsp3) is 0.231. The molecule has 4 rings (SSSR count). The molecule has 0 fully saturated rings. The summed E-state index contributed by atoms with van der Waals surface area (Å²) in [5.41, 5.74) is 6.92. The highest BCUT2D eigenvalue weighted by molar-refractivity contribution is 6.27. The maximum Gasteiger partial charge on any atom is 0.306 e. The average Bonchev–Trinajstić information content (AvgIpc) is 3.14. The van der Waals surface area contributed by atoms with E-state index in [2.05, 4.69) is 29.6 Å². The fourth-order valence-corrected chi connectivity index (χ4v) is 4.10. The Bertz CT molecular complexity index is 1030. The predicted molar refractivity (Wildman–Crippen MR) is 122 cm³/mol. The lowest BCUT2D eigenvalue weighted by molar-refractivity contribution is -0.143. The molecule has 0 saturated carbocycles. The quantitative estimate of drug-likeness (QED) is 0.409. The molecule has 0 spiro atoms. The number of halogens is 1. The largest absolute Gasteiger partial charge is 0.465 e. The van der Waals surface area contributed by atoms with Crippen LogP contribution in [0.25, 0.3) is 11.1 Å². The van der Waals surface area contributed by atoms with Gasteiger partial charge in [-0.3, -0.25) is 9.59 Å². The average molecular weight is 434 g/mol. The maximum atomic E-state index is 12.4. The molecule has 1 aliphatic carbocycles. The van der Waals surface area contributed by atoms with E-state index >= 15 is 0 Å². The highest BCUT2D eigenvalue weighted by Gasteiger charge is 2.28. The molecular weight excluding hydrogens is 410 g/mol. The van der Waals surface area contributed by atoms with Crippen molar-refractivity contribution >= 4 is 23.5 Å². The van der Waals surface area contributed by atoms with Crippen LogP contribution in [0.1, 0.15) is 34.6 Å². The second-order valence-corrected chi connectivity index (χ2v) is 7.90. The molecule has 3 aromatic rings. The topological polar surface area (TPSA) is 55.4 Å². The Balaban J connectivity index is 1.30. The minimum atomic E-state index is -0.194. The monoisotopic (exact) mass is 433 g/mol. The van der Waals surface area contributed by atoms with Crippen molar-refractivity contribution in [3.63, 3.8) is 0 Å². The Labute approximate surface area is 187 Å². The smallest absolute Gasteiger partial charge is 0.306 e. The second kappa shape index (κ2) is 9.80. The Morgan fingerprint density at radius 2 is 1.42 bits per heavy atom. The minimum absolute atomic E-state index is 0.0434. The molecule has 4 nitrogen and oxygen atoms in total. The van der Waals surface area contributed by atoms with Crippen LogP contribution in [0.4, 0.5) is 0 Å². The van der Waals surface area contributed by atoms with Crippen LogP contribution in [0, 0.1) is 0 Å². The fourth-order valence-electron chi connectivity index (χ4n) is 4.01. The van der Waals surface area contributed by atoms with Crippen molar-refractivity contribution in [2.24, 2.45) is 0 Å². The highest BCUT2D eigenvalue weighted by atomic mass is 35.5. The molecule has 0 bridgehead atoms. The van der Waals surface area contributed by atoms with E-state index in [-0.39, 0.29) is 23.7 Å². The van der Waals surface area contributed by atoms with E-state index in [0.717, 1.165) is 11.1 Å². The van der Waals surface area contributed by atoms with E-state index in [0.29, 0.717) is 26.0 Å². The van der Waals surface area contributed by atoms with E-state index in [1.807, 2.05) is 48.5 Å². The number of fused-ring (bicyclic) bond motifs is 3. The summed E-state index contributed by atoms with van der Waals surface area (Å²) in [5, 5.41) is 2.73. The third-order valence-electron chi connectivity index (χ3n) is 5.63. The maximum absolute atomic E-state index is 12.4. The molecule has 1 aliphatic rings. The van der Waals surface area contributed by atoms with Gasteiger partial charge in [-0.05, 0) is 39.8 Å². The van der Waals surface area contributed by atoms with Crippen LogP contribution in [0.5, 0.6) is 0 Å². The van der Waals surface area contributed by atoms with E-state index < -0.39 is 0 Å². The van der Waals surface area contributed by atoms with Crippen LogP contribution in [-0.4, -0.2) is 24.4 Å². The zero-order valence-electron chi connectivity index (χ0n) is 17.1. The molecule has 3 aromatic carbocycles. The third kappa shape index (κ3) is 4.97. The molecule has 0 aromatic heterocycles. The van der Waals surface area contributed by atoms with Gasteiger partial charge in [0.05, 0.1) is 0 Å². The summed E-state index contributed by atoms with van der Waals surface area (Å²) >= 11 is 5.48. The number of aryl methyl sites for hydroxylation is 1. The van der Waals surface area contributed by atoms with E-state index in [9.17, 15) is 9.59 Å². The van der Waals surface area contributed by atoms with Crippen LogP contribution in [-0.2, 0) is 27.3 Å². The third-order valence-corrected chi connectivity index (χ3v) is 5.87. The van der Waals surface area contributed by atoms with Gasteiger partial charge in [-0.15, -0.1) is 11.6 Å². The molecule has 0 saturated heterocycles. The van der Waals surface area contributed by atoms with Crippen molar-refractivity contribution in [1.82, 2.24) is 5.32 Å². The first kappa shape index (κ1) is 21.1. The number of ether oxygens (including phenoxy) is 1. The second-order valence-electron chi connectivity index (χ2n) is 7.64. The number of benzene rings is 3. The zero-order valence-corrected chi connectivity index (χ0v) is 17.9. The van der Waals surface area contributed by atoms with Gasteiger partial charge in [0.15, 0.2) is 0 Å². The van der Waals surface area contributed by atoms with Gasteiger partial charge in [0.2, 0.25) is 5.91 Å². The Morgan fingerprint density at radius 3 is 2.03 bits per heavy atom. The summed E-state index contributed by atoms with van der Waals surface area (Å²) in [6, 6.07) is 24.5. The number of carbonyl (C=O) groups excluding carboxylic acids is 2. The van der Waals surface area contributed by atoms with Gasteiger partial charge in [-0.1, -0.05) is 72.8 Å². The van der Waals surface area contributed by atoms with Crippen LogP contribution in [0.3, 0.4) is 0 Å². The van der Waals surface area contributed by atoms with Crippen molar-refractivity contribution in [3.05, 3.63) is 95.1 Å². The molecule has 0 heterocycles. The lowest BCUT2D eigenvalue weighted by Gasteiger charge is -2.14. The summed E-state index contributed by atoms with van der Waals surface area (Å²) < 4.78 is 5.66. The van der Waals surface area contributed by atoms with Gasteiger partial charge in [-0.2, -0.15) is 0 Å². The van der Waals surface area contributed by atoms with Crippen LogP contribution >= 0.6 is 11.6 Å². The lowest BCUT2D eigenvalue weighted by Crippen LogP contribution is -2.23. The normalized spacial score (nSPS) is 12.2. The number of hydrogen-bond donors (Lipinski definition) is 1. The van der Waals surface area contributed by atoms with Gasteiger partial charge >= 0.3 is 5.97 Å². The van der Waals surface area contributed by atoms with Gasteiger partial charge in [0, 0.05) is 18.9 Å². The van der Waals surface area contributed by atoms with Crippen LogP contribution in [0.15, 0.2) is 72.8 Å². The number of nitrogens with one attached hydrogen (secondary N) is 1. The van der Waals surface area contributed by atoms with Crippen molar-refractivity contribution < 1.29 is 14.3 Å². The number of carbonyl (C=O) groups is 2. The zero-order chi connectivity index (χ0) is 21.6. The van der Waals surface area contributed by atoms with Gasteiger partial charge in [0.1, 0.15) is 12.5 Å². The molecule has 0 unspecified atom stereocenters. The summed E-state index contributed by atoms with van der Waals surface area (Å²) in [6.07, 6.45) is 0.948.